The molecule has 3 heterocycles. The molecule has 1 aliphatic rings. The van der Waals surface area contributed by atoms with Crippen LogP contribution in [0.1, 0.15) is 21.7 Å². The van der Waals surface area contributed by atoms with Crippen molar-refractivity contribution in [1.29, 1.82) is 0 Å². The van der Waals surface area contributed by atoms with E-state index < -0.39 is 0 Å². The molecule has 24 heavy (non-hydrogen) atoms. The van der Waals surface area contributed by atoms with Gasteiger partial charge in [-0.2, -0.15) is 5.10 Å². The van der Waals surface area contributed by atoms with Gasteiger partial charge < -0.3 is 4.90 Å². The molecular formula is C18H15ClN4O. The molecule has 0 N–H and O–H groups in total. The fourth-order valence-corrected chi connectivity index (χ4v) is 3.07. The van der Waals surface area contributed by atoms with Crippen LogP contribution in [0.2, 0.25) is 5.02 Å². The number of rotatable bonds is 2. The van der Waals surface area contributed by atoms with Gasteiger partial charge in [0.05, 0.1) is 22.6 Å². The van der Waals surface area contributed by atoms with Gasteiger partial charge in [-0.15, -0.1) is 0 Å². The molecule has 1 aromatic carbocycles. The molecule has 0 saturated heterocycles. The van der Waals surface area contributed by atoms with E-state index in [1.54, 1.807) is 17.0 Å². The van der Waals surface area contributed by atoms with Crippen LogP contribution in [0.25, 0.3) is 5.69 Å². The summed E-state index contributed by atoms with van der Waals surface area (Å²) >= 11 is 5.83. The largest absolute Gasteiger partial charge is 0.332 e. The first-order valence-electron chi connectivity index (χ1n) is 7.74. The Morgan fingerprint density at radius 1 is 1.08 bits per heavy atom. The molecule has 1 aliphatic heterocycles. The van der Waals surface area contributed by atoms with Crippen molar-refractivity contribution in [2.75, 3.05) is 6.54 Å². The maximum Gasteiger partial charge on any atom is 0.272 e. The lowest BCUT2D eigenvalue weighted by Crippen LogP contribution is -2.36. The minimum absolute atomic E-state index is 0.0789. The summed E-state index contributed by atoms with van der Waals surface area (Å²) in [5.74, 6) is -0.0789. The lowest BCUT2D eigenvalue weighted by Gasteiger charge is -2.27. The first-order valence-corrected chi connectivity index (χ1v) is 8.12. The minimum atomic E-state index is -0.0789. The Hall–Kier alpha value is -2.66. The molecule has 120 valence electrons. The SMILES string of the molecule is O=C(c1ccc(Cl)cn1)N1CCc2c(cnn2-c2ccccc2)C1. The van der Waals surface area contributed by atoms with Crippen LogP contribution in [0.3, 0.4) is 0 Å². The van der Waals surface area contributed by atoms with Crippen LogP contribution >= 0.6 is 11.6 Å². The number of para-hydroxylation sites is 1. The smallest absolute Gasteiger partial charge is 0.272 e. The van der Waals surface area contributed by atoms with Gasteiger partial charge in [0.2, 0.25) is 0 Å². The van der Waals surface area contributed by atoms with Gasteiger partial charge in [-0.05, 0) is 24.3 Å². The number of amides is 1. The van der Waals surface area contributed by atoms with Crippen LogP contribution in [0.5, 0.6) is 0 Å². The molecule has 1 amide bonds. The quantitative estimate of drug-likeness (QED) is 0.721. The monoisotopic (exact) mass is 338 g/mol. The lowest BCUT2D eigenvalue weighted by molar-refractivity contribution is 0.0728. The van der Waals surface area contributed by atoms with Gasteiger partial charge in [0.15, 0.2) is 0 Å². The molecule has 0 aliphatic carbocycles. The van der Waals surface area contributed by atoms with Crippen molar-refractivity contribution in [3.63, 3.8) is 0 Å². The third kappa shape index (κ3) is 2.67. The number of hydrogen-bond acceptors (Lipinski definition) is 3. The Kier molecular flexibility index (Phi) is 3.78. The maximum absolute atomic E-state index is 12.6. The molecule has 0 saturated carbocycles. The van der Waals surface area contributed by atoms with Crippen LogP contribution in [0, 0.1) is 0 Å². The predicted octanol–water partition coefficient (Wildman–Crippen LogP) is 3.12. The fourth-order valence-electron chi connectivity index (χ4n) is 2.96. The zero-order valence-electron chi connectivity index (χ0n) is 12.9. The Morgan fingerprint density at radius 2 is 1.92 bits per heavy atom. The second-order valence-electron chi connectivity index (χ2n) is 5.70. The van der Waals surface area contributed by atoms with Crippen molar-refractivity contribution in [3.05, 3.63) is 76.8 Å². The zero-order valence-corrected chi connectivity index (χ0v) is 13.6. The van der Waals surface area contributed by atoms with E-state index in [9.17, 15) is 4.79 Å². The van der Waals surface area contributed by atoms with Crippen LogP contribution < -0.4 is 0 Å². The first kappa shape index (κ1) is 14.9. The van der Waals surface area contributed by atoms with E-state index >= 15 is 0 Å². The third-order valence-electron chi connectivity index (χ3n) is 4.17. The Balaban J connectivity index is 1.58. The van der Waals surface area contributed by atoms with Crippen molar-refractivity contribution >= 4 is 17.5 Å². The number of nitrogens with zero attached hydrogens (tertiary/aromatic N) is 4. The highest BCUT2D eigenvalue weighted by atomic mass is 35.5. The number of carbonyl (C=O) groups is 1. The van der Waals surface area contributed by atoms with Gasteiger partial charge in [-0.25, -0.2) is 9.67 Å². The van der Waals surface area contributed by atoms with Gasteiger partial charge in [-0.3, -0.25) is 4.79 Å². The van der Waals surface area contributed by atoms with Crippen LogP contribution in [0.4, 0.5) is 0 Å². The molecule has 0 fully saturated rings. The highest BCUT2D eigenvalue weighted by Gasteiger charge is 2.25. The molecule has 5 nitrogen and oxygen atoms in total. The second kappa shape index (κ2) is 6.09. The average Bonchev–Trinajstić information content (AvgIpc) is 3.05. The Labute approximate surface area is 144 Å². The standard InChI is InChI=1S/C18H15ClN4O/c19-14-6-7-16(20-11-14)18(24)22-9-8-17-13(12-22)10-21-23(17)15-4-2-1-3-5-15/h1-7,10-11H,8-9,12H2. The van der Waals surface area contributed by atoms with Gasteiger partial charge in [0, 0.05) is 31.3 Å². The summed E-state index contributed by atoms with van der Waals surface area (Å²) in [6.45, 7) is 1.19. The number of fused-ring (bicyclic) bond motifs is 1. The summed E-state index contributed by atoms with van der Waals surface area (Å²) in [5, 5.41) is 5.02. The van der Waals surface area contributed by atoms with Crippen molar-refractivity contribution < 1.29 is 4.79 Å². The molecule has 0 atom stereocenters. The van der Waals surface area contributed by atoms with Gasteiger partial charge in [0.1, 0.15) is 5.69 Å². The van der Waals surface area contributed by atoms with E-state index in [1.165, 1.54) is 6.20 Å². The van der Waals surface area contributed by atoms with Crippen LogP contribution in [-0.2, 0) is 13.0 Å². The minimum Gasteiger partial charge on any atom is -0.332 e. The highest BCUT2D eigenvalue weighted by Crippen LogP contribution is 2.23. The maximum atomic E-state index is 12.6. The molecule has 4 rings (SSSR count). The Bertz CT molecular complexity index is 874. The van der Waals surface area contributed by atoms with E-state index in [2.05, 4.69) is 10.1 Å². The van der Waals surface area contributed by atoms with Crippen LogP contribution in [-0.4, -0.2) is 32.1 Å². The summed E-state index contributed by atoms with van der Waals surface area (Å²) in [5.41, 5.74) is 3.69. The normalized spacial score (nSPS) is 13.6. The lowest BCUT2D eigenvalue weighted by atomic mass is 10.1. The van der Waals surface area contributed by atoms with Crippen molar-refractivity contribution in [1.82, 2.24) is 19.7 Å². The van der Waals surface area contributed by atoms with Gasteiger partial charge in [0.25, 0.3) is 5.91 Å². The topological polar surface area (TPSA) is 51.0 Å². The average molecular weight is 339 g/mol. The summed E-state index contributed by atoms with van der Waals surface area (Å²) in [6, 6.07) is 13.4. The molecule has 2 aromatic heterocycles. The third-order valence-corrected chi connectivity index (χ3v) is 4.39. The number of pyridine rings is 1. The van der Waals surface area contributed by atoms with E-state index in [4.69, 9.17) is 11.6 Å². The van der Waals surface area contributed by atoms with Crippen molar-refractivity contribution in [2.24, 2.45) is 0 Å². The summed E-state index contributed by atoms with van der Waals surface area (Å²) in [6.07, 6.45) is 4.11. The number of benzene rings is 1. The molecule has 0 bridgehead atoms. The van der Waals surface area contributed by atoms with E-state index in [-0.39, 0.29) is 5.91 Å². The number of carbonyl (C=O) groups excluding carboxylic acids is 1. The molecular weight excluding hydrogens is 324 g/mol. The molecule has 6 heteroatoms. The van der Waals surface area contributed by atoms with Crippen molar-refractivity contribution in [3.8, 4) is 5.69 Å². The van der Waals surface area contributed by atoms with Gasteiger partial charge >= 0.3 is 0 Å². The van der Waals surface area contributed by atoms with E-state index in [0.29, 0.717) is 23.8 Å². The molecule has 0 radical (unpaired) electrons. The number of hydrogen-bond donors (Lipinski definition) is 0. The van der Waals surface area contributed by atoms with Gasteiger partial charge in [-0.1, -0.05) is 29.8 Å². The molecule has 0 unspecified atom stereocenters. The summed E-state index contributed by atoms with van der Waals surface area (Å²) in [7, 11) is 0. The summed E-state index contributed by atoms with van der Waals surface area (Å²) < 4.78 is 1.96. The first-order chi connectivity index (χ1) is 11.7. The number of aromatic nitrogens is 3. The molecule has 0 spiro atoms. The van der Waals surface area contributed by atoms with Crippen LogP contribution in [0.15, 0.2) is 54.9 Å². The second-order valence-corrected chi connectivity index (χ2v) is 6.14. The zero-order chi connectivity index (χ0) is 16.5. The van der Waals surface area contributed by atoms with E-state index in [1.807, 2.05) is 41.2 Å². The van der Waals surface area contributed by atoms with Crippen molar-refractivity contribution in [2.45, 2.75) is 13.0 Å². The van der Waals surface area contributed by atoms with E-state index in [0.717, 1.165) is 23.4 Å². The predicted molar refractivity (Wildman–Crippen MR) is 91.3 cm³/mol. The Morgan fingerprint density at radius 3 is 2.67 bits per heavy atom. The number of halogens is 1. The molecule has 3 aromatic rings. The fraction of sp³-hybridized carbons (Fsp3) is 0.167. The summed E-state index contributed by atoms with van der Waals surface area (Å²) in [4.78, 5) is 18.5. The highest BCUT2D eigenvalue weighted by molar-refractivity contribution is 6.30.